The number of halogens is 1. The van der Waals surface area contributed by atoms with Crippen molar-refractivity contribution in [1.82, 2.24) is 4.90 Å². The van der Waals surface area contributed by atoms with Crippen LogP contribution in [0.1, 0.15) is 5.56 Å². The van der Waals surface area contributed by atoms with Crippen LogP contribution in [0.4, 0.5) is 0 Å². The number of rotatable bonds is 3. The van der Waals surface area contributed by atoms with Gasteiger partial charge in [-0.1, -0.05) is 29.7 Å². The van der Waals surface area contributed by atoms with Crippen LogP contribution < -0.4 is 0 Å². The highest BCUT2D eigenvalue weighted by Crippen LogP contribution is 2.10. The van der Waals surface area contributed by atoms with Crippen molar-refractivity contribution < 1.29 is 0 Å². The molecule has 0 saturated carbocycles. The fourth-order valence-corrected chi connectivity index (χ4v) is 1.24. The molecule has 0 aliphatic heterocycles. The minimum absolute atomic E-state index is 0.669. The maximum atomic E-state index is 5.76. The molecule has 1 aromatic rings. The van der Waals surface area contributed by atoms with Crippen LogP contribution in [0.2, 0.25) is 5.02 Å². The summed E-state index contributed by atoms with van der Waals surface area (Å²) < 4.78 is 0. The van der Waals surface area contributed by atoms with Crippen molar-refractivity contribution in [2.45, 2.75) is 6.54 Å². The molecule has 0 fully saturated rings. The van der Waals surface area contributed by atoms with Crippen LogP contribution in [-0.2, 0) is 6.54 Å². The van der Waals surface area contributed by atoms with Gasteiger partial charge in [0.1, 0.15) is 0 Å². The zero-order valence-electron chi connectivity index (χ0n) is 7.63. The molecule has 1 rings (SSSR count). The number of nitrogens with zero attached hydrogens (tertiary/aromatic N) is 1. The van der Waals surface area contributed by atoms with Gasteiger partial charge < -0.3 is 0 Å². The molecule has 0 atom stereocenters. The lowest BCUT2D eigenvalue weighted by Gasteiger charge is -2.12. The van der Waals surface area contributed by atoms with Crippen LogP contribution in [0, 0.1) is 12.3 Å². The van der Waals surface area contributed by atoms with E-state index in [4.69, 9.17) is 18.0 Å². The number of terminal acetylenes is 1. The summed E-state index contributed by atoms with van der Waals surface area (Å²) in [6.07, 6.45) is 5.19. The molecule has 68 valence electrons. The number of hydrogen-bond acceptors (Lipinski definition) is 1. The van der Waals surface area contributed by atoms with E-state index in [1.54, 1.807) is 0 Å². The maximum absolute atomic E-state index is 5.76. The molecule has 0 bridgehead atoms. The SMILES string of the molecule is C#CCN(C)Cc1ccc(Cl)cc1. The fraction of sp³-hybridized carbons (Fsp3) is 0.273. The summed E-state index contributed by atoms with van der Waals surface area (Å²) in [6, 6.07) is 7.80. The van der Waals surface area contributed by atoms with Gasteiger partial charge in [-0.15, -0.1) is 6.42 Å². The zero-order valence-corrected chi connectivity index (χ0v) is 8.38. The van der Waals surface area contributed by atoms with E-state index in [0.717, 1.165) is 11.6 Å². The lowest BCUT2D eigenvalue weighted by molar-refractivity contribution is 0.369. The molecule has 0 aliphatic carbocycles. The van der Waals surface area contributed by atoms with Gasteiger partial charge in [0, 0.05) is 11.6 Å². The molecule has 0 amide bonds. The Morgan fingerprint density at radius 2 is 2.00 bits per heavy atom. The lowest BCUT2D eigenvalue weighted by Crippen LogP contribution is -2.17. The van der Waals surface area contributed by atoms with Crippen LogP contribution in [0.5, 0.6) is 0 Å². The number of hydrogen-bond donors (Lipinski definition) is 0. The average molecular weight is 194 g/mol. The molecule has 0 spiro atoms. The Labute approximate surface area is 84.3 Å². The first-order valence-corrected chi connectivity index (χ1v) is 4.46. The van der Waals surface area contributed by atoms with Gasteiger partial charge in [-0.05, 0) is 24.7 Å². The Morgan fingerprint density at radius 3 is 2.54 bits per heavy atom. The lowest BCUT2D eigenvalue weighted by atomic mass is 10.2. The average Bonchev–Trinajstić information content (AvgIpc) is 2.09. The van der Waals surface area contributed by atoms with Gasteiger partial charge in [0.2, 0.25) is 0 Å². The molecule has 0 radical (unpaired) electrons. The quantitative estimate of drug-likeness (QED) is 0.667. The van der Waals surface area contributed by atoms with E-state index in [2.05, 4.69) is 10.8 Å². The van der Waals surface area contributed by atoms with Crippen molar-refractivity contribution in [3.05, 3.63) is 34.9 Å². The molecule has 0 unspecified atom stereocenters. The predicted octanol–water partition coefficient (Wildman–Crippen LogP) is 2.41. The molecule has 1 nitrogen and oxygen atoms in total. The Morgan fingerprint density at radius 1 is 1.38 bits per heavy atom. The van der Waals surface area contributed by atoms with Gasteiger partial charge in [0.05, 0.1) is 6.54 Å². The highest BCUT2D eigenvalue weighted by atomic mass is 35.5. The summed E-state index contributed by atoms with van der Waals surface area (Å²) in [5, 5.41) is 0.767. The Bertz CT molecular complexity index is 297. The third-order valence-corrected chi connectivity index (χ3v) is 1.98. The fourth-order valence-electron chi connectivity index (χ4n) is 1.11. The molecule has 1 aromatic carbocycles. The standard InChI is InChI=1S/C11H12ClN/c1-3-8-13(2)9-10-4-6-11(12)7-5-10/h1,4-7H,8-9H2,2H3. The second-order valence-electron chi connectivity index (χ2n) is 3.00. The molecule has 2 heteroatoms. The summed E-state index contributed by atoms with van der Waals surface area (Å²) >= 11 is 5.76. The minimum atomic E-state index is 0.669. The first-order valence-electron chi connectivity index (χ1n) is 4.09. The second-order valence-corrected chi connectivity index (χ2v) is 3.44. The molecule has 13 heavy (non-hydrogen) atoms. The van der Waals surface area contributed by atoms with Crippen LogP contribution >= 0.6 is 11.6 Å². The second kappa shape index (κ2) is 4.91. The van der Waals surface area contributed by atoms with Crippen LogP contribution in [0.3, 0.4) is 0 Å². The summed E-state index contributed by atoms with van der Waals surface area (Å²) in [5.74, 6) is 2.60. The molecule has 0 aliphatic rings. The van der Waals surface area contributed by atoms with Crippen LogP contribution in [0.25, 0.3) is 0 Å². The Kier molecular flexibility index (Phi) is 3.82. The zero-order chi connectivity index (χ0) is 9.68. The van der Waals surface area contributed by atoms with Crippen LogP contribution in [0.15, 0.2) is 24.3 Å². The first-order chi connectivity index (χ1) is 6.22. The smallest absolute Gasteiger partial charge is 0.0599 e. The monoisotopic (exact) mass is 193 g/mol. The van der Waals surface area contributed by atoms with Crippen molar-refractivity contribution in [2.75, 3.05) is 13.6 Å². The molecule has 0 saturated heterocycles. The molecular weight excluding hydrogens is 182 g/mol. The van der Waals surface area contributed by atoms with Gasteiger partial charge in [0.25, 0.3) is 0 Å². The van der Waals surface area contributed by atoms with Crippen molar-refractivity contribution in [1.29, 1.82) is 0 Å². The molecule has 0 aromatic heterocycles. The van der Waals surface area contributed by atoms with E-state index in [9.17, 15) is 0 Å². The van der Waals surface area contributed by atoms with Gasteiger partial charge in [-0.3, -0.25) is 4.90 Å². The summed E-state index contributed by atoms with van der Waals surface area (Å²) in [5.41, 5.74) is 1.22. The van der Waals surface area contributed by atoms with Crippen LogP contribution in [-0.4, -0.2) is 18.5 Å². The van der Waals surface area contributed by atoms with Crippen molar-refractivity contribution >= 4 is 11.6 Å². The maximum Gasteiger partial charge on any atom is 0.0599 e. The number of benzene rings is 1. The minimum Gasteiger partial charge on any atom is -0.291 e. The van der Waals surface area contributed by atoms with Crippen molar-refractivity contribution in [3.8, 4) is 12.3 Å². The van der Waals surface area contributed by atoms with E-state index >= 15 is 0 Å². The highest BCUT2D eigenvalue weighted by Gasteiger charge is 1.97. The summed E-state index contributed by atoms with van der Waals surface area (Å²) in [6.45, 7) is 1.53. The highest BCUT2D eigenvalue weighted by molar-refractivity contribution is 6.30. The van der Waals surface area contributed by atoms with Gasteiger partial charge in [0.15, 0.2) is 0 Å². The third-order valence-electron chi connectivity index (χ3n) is 1.73. The van der Waals surface area contributed by atoms with Crippen molar-refractivity contribution in [2.24, 2.45) is 0 Å². The molecular formula is C11H12ClN. The first kappa shape index (κ1) is 10.1. The van der Waals surface area contributed by atoms with Crippen molar-refractivity contribution in [3.63, 3.8) is 0 Å². The third kappa shape index (κ3) is 3.50. The van der Waals surface area contributed by atoms with E-state index in [-0.39, 0.29) is 0 Å². The van der Waals surface area contributed by atoms with Gasteiger partial charge in [-0.25, -0.2) is 0 Å². The van der Waals surface area contributed by atoms with E-state index in [1.807, 2.05) is 31.3 Å². The van der Waals surface area contributed by atoms with Gasteiger partial charge in [-0.2, -0.15) is 0 Å². The largest absolute Gasteiger partial charge is 0.291 e. The molecule has 0 heterocycles. The van der Waals surface area contributed by atoms with E-state index < -0.39 is 0 Å². The summed E-state index contributed by atoms with van der Waals surface area (Å²) in [4.78, 5) is 2.07. The Hall–Kier alpha value is -0.970. The summed E-state index contributed by atoms with van der Waals surface area (Å²) in [7, 11) is 1.99. The molecule has 0 N–H and O–H groups in total. The topological polar surface area (TPSA) is 3.24 Å². The Balaban J connectivity index is 2.55. The van der Waals surface area contributed by atoms with E-state index in [0.29, 0.717) is 6.54 Å². The van der Waals surface area contributed by atoms with E-state index in [1.165, 1.54) is 5.56 Å². The van der Waals surface area contributed by atoms with Gasteiger partial charge >= 0.3 is 0 Å². The normalized spacial score (nSPS) is 10.0. The predicted molar refractivity (Wildman–Crippen MR) is 56.6 cm³/mol.